The summed E-state index contributed by atoms with van der Waals surface area (Å²) in [4.78, 5) is 22.4. The Morgan fingerprint density at radius 2 is 1.95 bits per heavy atom. The van der Waals surface area contributed by atoms with E-state index >= 15 is 0 Å². The highest BCUT2D eigenvalue weighted by atomic mass is 32.2. The van der Waals surface area contributed by atoms with E-state index in [1.165, 1.54) is 6.92 Å². The fourth-order valence-corrected chi connectivity index (χ4v) is 3.42. The van der Waals surface area contributed by atoms with Crippen LogP contribution in [0.25, 0.3) is 6.08 Å². The second-order valence-electron chi connectivity index (χ2n) is 5.07. The minimum atomic E-state index is -3.77. The van der Waals surface area contributed by atoms with Gasteiger partial charge in [-0.05, 0) is 24.5 Å². The molecule has 1 aliphatic carbocycles. The van der Waals surface area contributed by atoms with Gasteiger partial charge in [0.25, 0.3) is 0 Å². The molecule has 21 heavy (non-hydrogen) atoms. The third kappa shape index (κ3) is 4.01. The van der Waals surface area contributed by atoms with Crippen LogP contribution < -0.4 is 4.72 Å². The first-order valence-electron chi connectivity index (χ1n) is 6.68. The van der Waals surface area contributed by atoms with Crippen molar-refractivity contribution >= 4 is 27.8 Å². The Morgan fingerprint density at radius 3 is 2.67 bits per heavy atom. The van der Waals surface area contributed by atoms with E-state index in [0.29, 0.717) is 6.42 Å². The number of benzene rings is 1. The minimum Gasteiger partial charge on any atom is -0.300 e. The predicted molar refractivity (Wildman–Crippen MR) is 79.9 cm³/mol. The third-order valence-corrected chi connectivity index (χ3v) is 4.96. The first-order chi connectivity index (χ1) is 9.88. The Kier molecular flexibility index (Phi) is 4.57. The van der Waals surface area contributed by atoms with Gasteiger partial charge in [0.15, 0.2) is 0 Å². The number of nitrogens with one attached hydrogen (secondary N) is 1. The van der Waals surface area contributed by atoms with Crippen molar-refractivity contribution in [2.75, 3.05) is 0 Å². The molecule has 1 atom stereocenters. The van der Waals surface area contributed by atoms with E-state index in [2.05, 4.69) is 0 Å². The van der Waals surface area contributed by atoms with E-state index in [0.717, 1.165) is 11.1 Å². The van der Waals surface area contributed by atoms with E-state index in [9.17, 15) is 18.0 Å². The molecule has 0 radical (unpaired) electrons. The van der Waals surface area contributed by atoms with Crippen molar-refractivity contribution in [1.82, 2.24) is 4.72 Å². The van der Waals surface area contributed by atoms with Crippen LogP contribution in [0.5, 0.6) is 0 Å². The molecule has 1 aliphatic rings. The molecule has 1 aromatic carbocycles. The molecular weight excluding hydrogens is 290 g/mol. The van der Waals surface area contributed by atoms with Crippen molar-refractivity contribution < 1.29 is 18.0 Å². The van der Waals surface area contributed by atoms with Gasteiger partial charge >= 0.3 is 0 Å². The van der Waals surface area contributed by atoms with Gasteiger partial charge in [0.1, 0.15) is 11.0 Å². The normalized spacial score (nSPS) is 17.1. The number of carbonyl (C=O) groups is 2. The molecular formula is C15H17NO4S. The number of carbonyl (C=O) groups excluding carboxylic acids is 2. The topological polar surface area (TPSA) is 80.3 Å². The van der Waals surface area contributed by atoms with Crippen LogP contribution in [0.3, 0.4) is 0 Å². The van der Waals surface area contributed by atoms with Crippen LogP contribution in [0.1, 0.15) is 30.9 Å². The van der Waals surface area contributed by atoms with Gasteiger partial charge in [0, 0.05) is 12.8 Å². The molecule has 2 rings (SSSR count). The van der Waals surface area contributed by atoms with Crippen LogP contribution in [-0.4, -0.2) is 25.4 Å². The minimum absolute atomic E-state index is 0.0463. The molecule has 0 heterocycles. The molecule has 1 aromatic rings. The van der Waals surface area contributed by atoms with Crippen LogP contribution in [0.4, 0.5) is 0 Å². The maximum absolute atomic E-state index is 12.2. The van der Waals surface area contributed by atoms with Crippen molar-refractivity contribution in [3.05, 3.63) is 41.5 Å². The predicted octanol–water partition coefficient (Wildman–Crippen LogP) is 1.44. The third-order valence-electron chi connectivity index (χ3n) is 3.33. The maximum atomic E-state index is 12.2. The molecule has 0 spiro atoms. The van der Waals surface area contributed by atoms with Crippen molar-refractivity contribution in [2.45, 2.75) is 31.4 Å². The number of rotatable bonds is 5. The number of ketones is 1. The second kappa shape index (κ2) is 6.22. The van der Waals surface area contributed by atoms with Gasteiger partial charge in [-0.15, -0.1) is 0 Å². The van der Waals surface area contributed by atoms with Crippen LogP contribution in [0.15, 0.2) is 30.3 Å². The first-order valence-corrected chi connectivity index (χ1v) is 8.23. The summed E-state index contributed by atoms with van der Waals surface area (Å²) in [5.41, 5.74) is 1.93. The summed E-state index contributed by atoms with van der Waals surface area (Å²) in [6.07, 6.45) is 3.61. The van der Waals surface area contributed by atoms with Crippen LogP contribution >= 0.6 is 0 Å². The summed E-state index contributed by atoms with van der Waals surface area (Å²) >= 11 is 0. The average molecular weight is 307 g/mol. The second-order valence-corrected chi connectivity index (χ2v) is 6.97. The van der Waals surface area contributed by atoms with Crippen molar-refractivity contribution in [2.24, 2.45) is 0 Å². The Balaban J connectivity index is 2.05. The van der Waals surface area contributed by atoms with Gasteiger partial charge in [0.2, 0.25) is 15.9 Å². The molecule has 0 bridgehead atoms. The van der Waals surface area contributed by atoms with E-state index in [1.54, 1.807) is 12.2 Å². The van der Waals surface area contributed by atoms with Crippen molar-refractivity contribution in [1.29, 1.82) is 0 Å². The summed E-state index contributed by atoms with van der Waals surface area (Å²) in [5.74, 6) is -0.786. The Labute approximate surface area is 124 Å². The zero-order valence-electron chi connectivity index (χ0n) is 11.7. The number of hydrogen-bond donors (Lipinski definition) is 1. The lowest BCUT2D eigenvalue weighted by molar-refractivity contribution is -0.123. The number of hydrogen-bond acceptors (Lipinski definition) is 4. The summed E-state index contributed by atoms with van der Waals surface area (Å²) in [6, 6.07) is 7.54. The number of amides is 1. The molecule has 0 saturated carbocycles. The molecule has 1 unspecified atom stereocenters. The standard InChI is InChI=1S/C15H17NO4S/c1-11(17)6-9-15(18)16-21(19,20)14-8-7-12-4-2-3-5-13(12)10-14/h2-5,7-8,14H,6,9-10H2,1H3,(H,16,18). The molecule has 1 amide bonds. The van der Waals surface area contributed by atoms with Gasteiger partial charge in [-0.1, -0.05) is 36.4 Å². The molecule has 1 N–H and O–H groups in total. The smallest absolute Gasteiger partial charge is 0.241 e. The van der Waals surface area contributed by atoms with E-state index in [1.807, 2.05) is 29.0 Å². The summed E-state index contributed by atoms with van der Waals surface area (Å²) in [7, 11) is -3.77. The lowest BCUT2D eigenvalue weighted by atomic mass is 9.97. The molecule has 112 valence electrons. The van der Waals surface area contributed by atoms with Crippen LogP contribution in [0.2, 0.25) is 0 Å². The molecule has 6 heteroatoms. The number of Topliss-reactive ketones (excluding diaryl/α,β-unsaturated/α-hetero) is 1. The lowest BCUT2D eigenvalue weighted by Gasteiger charge is -2.19. The van der Waals surface area contributed by atoms with Crippen molar-refractivity contribution in [3.8, 4) is 0 Å². The van der Waals surface area contributed by atoms with Gasteiger partial charge < -0.3 is 4.79 Å². The summed E-state index contributed by atoms with van der Waals surface area (Å²) in [5, 5.41) is -0.770. The Morgan fingerprint density at radius 1 is 1.24 bits per heavy atom. The largest absolute Gasteiger partial charge is 0.300 e. The Bertz CT molecular complexity index is 691. The fraction of sp³-hybridized carbons (Fsp3) is 0.333. The van der Waals surface area contributed by atoms with E-state index in [-0.39, 0.29) is 18.6 Å². The fourth-order valence-electron chi connectivity index (χ4n) is 2.17. The highest BCUT2D eigenvalue weighted by Crippen LogP contribution is 2.22. The lowest BCUT2D eigenvalue weighted by Crippen LogP contribution is -2.39. The van der Waals surface area contributed by atoms with Gasteiger partial charge in [-0.2, -0.15) is 0 Å². The highest BCUT2D eigenvalue weighted by Gasteiger charge is 2.27. The molecule has 0 aromatic heterocycles. The van der Waals surface area contributed by atoms with E-state index < -0.39 is 21.2 Å². The quantitative estimate of drug-likeness (QED) is 0.892. The summed E-state index contributed by atoms with van der Waals surface area (Å²) < 4.78 is 26.4. The maximum Gasteiger partial charge on any atom is 0.241 e. The monoisotopic (exact) mass is 307 g/mol. The molecule has 0 fully saturated rings. The molecule has 5 nitrogen and oxygen atoms in total. The molecule has 0 saturated heterocycles. The SMILES string of the molecule is CC(=O)CCC(=O)NS(=O)(=O)C1C=Cc2ccccc2C1. The summed E-state index contributed by atoms with van der Waals surface area (Å²) in [6.45, 7) is 1.36. The number of sulfonamides is 1. The van der Waals surface area contributed by atoms with Gasteiger partial charge in [-0.3, -0.25) is 9.52 Å². The Hall–Kier alpha value is -1.95. The molecule has 0 aliphatic heterocycles. The van der Waals surface area contributed by atoms with Crippen molar-refractivity contribution in [3.63, 3.8) is 0 Å². The van der Waals surface area contributed by atoms with Gasteiger partial charge in [-0.25, -0.2) is 8.42 Å². The zero-order chi connectivity index (χ0) is 15.5. The van der Waals surface area contributed by atoms with E-state index in [4.69, 9.17) is 0 Å². The van der Waals surface area contributed by atoms with Crippen LogP contribution in [0, 0.1) is 0 Å². The average Bonchev–Trinajstić information content (AvgIpc) is 2.44. The zero-order valence-corrected chi connectivity index (χ0v) is 12.5. The number of fused-ring (bicyclic) bond motifs is 1. The first kappa shape index (κ1) is 15.4. The van der Waals surface area contributed by atoms with Gasteiger partial charge in [0.05, 0.1) is 0 Å². The highest BCUT2D eigenvalue weighted by molar-refractivity contribution is 7.90. The van der Waals surface area contributed by atoms with Crippen LogP contribution in [-0.2, 0) is 26.0 Å².